The molecule has 0 saturated heterocycles. The molecule has 0 aliphatic heterocycles. The molecule has 1 aliphatic rings. The highest BCUT2D eigenvalue weighted by Gasteiger charge is 2.22. The molecule has 3 heteroatoms. The molecule has 0 aromatic heterocycles. The maximum atomic E-state index is 11.0. The van der Waals surface area contributed by atoms with Gasteiger partial charge in [-0.15, -0.1) is 0 Å². The Bertz CT molecular complexity index is 458. The van der Waals surface area contributed by atoms with Crippen LogP contribution in [-0.2, 0) is 0 Å². The van der Waals surface area contributed by atoms with E-state index >= 15 is 0 Å². The zero-order valence-corrected chi connectivity index (χ0v) is 10.1. The minimum absolute atomic E-state index is 0.0728. The Balaban J connectivity index is 2.19. The molecular weight excluding hydrogens is 212 g/mol. The summed E-state index contributed by atoms with van der Waals surface area (Å²) in [5.74, 6) is -0.385. The van der Waals surface area contributed by atoms with E-state index in [1.807, 2.05) is 12.1 Å². The third-order valence-electron chi connectivity index (χ3n) is 3.32. The summed E-state index contributed by atoms with van der Waals surface area (Å²) < 4.78 is 0. The average Bonchev–Trinajstić information content (AvgIpc) is 2.29. The first-order valence-corrected chi connectivity index (χ1v) is 5.86. The van der Waals surface area contributed by atoms with Crippen molar-refractivity contribution in [2.45, 2.75) is 31.7 Å². The van der Waals surface area contributed by atoms with Gasteiger partial charge < -0.3 is 11.5 Å². The van der Waals surface area contributed by atoms with Crippen LogP contribution in [0.4, 0.5) is 0 Å². The molecule has 1 atom stereocenters. The van der Waals surface area contributed by atoms with Gasteiger partial charge in [-0.3, -0.25) is 4.79 Å². The molecule has 1 aromatic carbocycles. The zero-order chi connectivity index (χ0) is 12.5. The second-order valence-corrected chi connectivity index (χ2v) is 5.03. The summed E-state index contributed by atoms with van der Waals surface area (Å²) in [5.41, 5.74) is 14.2. The van der Waals surface area contributed by atoms with Gasteiger partial charge in [-0.05, 0) is 49.5 Å². The number of hydrogen-bond acceptors (Lipinski definition) is 2. The summed E-state index contributed by atoms with van der Waals surface area (Å²) in [5, 5.41) is 0. The molecule has 0 radical (unpaired) electrons. The molecule has 1 aliphatic carbocycles. The monoisotopic (exact) mass is 230 g/mol. The molecule has 1 amide bonds. The minimum atomic E-state index is -0.385. The molecule has 0 bridgehead atoms. The topological polar surface area (TPSA) is 69.1 Å². The second-order valence-electron chi connectivity index (χ2n) is 5.03. The summed E-state index contributed by atoms with van der Waals surface area (Å²) in [4.78, 5) is 11.0. The Kier molecular flexibility index (Phi) is 3.03. The van der Waals surface area contributed by atoms with E-state index in [4.69, 9.17) is 11.5 Å². The lowest BCUT2D eigenvalue weighted by atomic mass is 9.83. The van der Waals surface area contributed by atoms with E-state index in [0.29, 0.717) is 5.56 Å². The van der Waals surface area contributed by atoms with Crippen LogP contribution in [0.3, 0.4) is 0 Å². The van der Waals surface area contributed by atoms with Crippen LogP contribution in [0, 0.1) is 0 Å². The van der Waals surface area contributed by atoms with Crippen molar-refractivity contribution in [1.82, 2.24) is 0 Å². The number of nitrogens with two attached hydrogens (primary N) is 2. The highest BCUT2D eigenvalue weighted by molar-refractivity contribution is 5.93. The van der Waals surface area contributed by atoms with E-state index in [0.717, 1.165) is 24.8 Å². The molecule has 90 valence electrons. The summed E-state index contributed by atoms with van der Waals surface area (Å²) in [6.45, 7) is 2.08. The minimum Gasteiger partial charge on any atom is -0.366 e. The predicted molar refractivity (Wildman–Crippen MR) is 69.4 cm³/mol. The highest BCUT2D eigenvalue weighted by Crippen LogP contribution is 2.31. The van der Waals surface area contributed by atoms with Crippen LogP contribution in [0.15, 0.2) is 30.3 Å². The van der Waals surface area contributed by atoms with Crippen LogP contribution in [0.5, 0.6) is 0 Å². The first-order valence-electron chi connectivity index (χ1n) is 5.86. The third-order valence-corrected chi connectivity index (χ3v) is 3.32. The van der Waals surface area contributed by atoms with Gasteiger partial charge in [-0.1, -0.05) is 18.2 Å². The van der Waals surface area contributed by atoms with Crippen molar-refractivity contribution in [1.29, 1.82) is 0 Å². The highest BCUT2D eigenvalue weighted by atomic mass is 16.1. The second kappa shape index (κ2) is 4.34. The molecule has 4 N–H and O–H groups in total. The van der Waals surface area contributed by atoms with E-state index in [9.17, 15) is 4.79 Å². The van der Waals surface area contributed by atoms with E-state index < -0.39 is 0 Å². The fourth-order valence-electron chi connectivity index (χ4n) is 2.09. The van der Waals surface area contributed by atoms with Crippen LogP contribution in [0.1, 0.15) is 42.1 Å². The first-order chi connectivity index (χ1) is 7.98. The maximum absolute atomic E-state index is 11.0. The molecule has 3 nitrogen and oxygen atoms in total. The Morgan fingerprint density at radius 1 is 1.29 bits per heavy atom. The molecule has 1 unspecified atom stereocenters. The van der Waals surface area contributed by atoms with Crippen LogP contribution in [-0.4, -0.2) is 11.4 Å². The van der Waals surface area contributed by atoms with Gasteiger partial charge in [0, 0.05) is 11.1 Å². The smallest absolute Gasteiger partial charge is 0.248 e. The van der Waals surface area contributed by atoms with Crippen molar-refractivity contribution in [2.24, 2.45) is 11.5 Å². The summed E-state index contributed by atoms with van der Waals surface area (Å²) in [6.07, 6.45) is 5.09. The van der Waals surface area contributed by atoms with Crippen LogP contribution >= 0.6 is 0 Å². The summed E-state index contributed by atoms with van der Waals surface area (Å²) in [7, 11) is 0. The number of carbonyl (C=O) groups is 1. The van der Waals surface area contributed by atoms with E-state index in [1.54, 1.807) is 12.1 Å². The average molecular weight is 230 g/mol. The van der Waals surface area contributed by atoms with Crippen molar-refractivity contribution in [3.63, 3.8) is 0 Å². The lowest BCUT2D eigenvalue weighted by Gasteiger charge is -2.28. The van der Waals surface area contributed by atoms with Gasteiger partial charge in [-0.25, -0.2) is 0 Å². The zero-order valence-electron chi connectivity index (χ0n) is 10.1. The van der Waals surface area contributed by atoms with Crippen molar-refractivity contribution in [3.05, 3.63) is 41.5 Å². The Hall–Kier alpha value is -1.61. The normalized spacial score (nSPS) is 24.2. The third kappa shape index (κ3) is 2.74. The van der Waals surface area contributed by atoms with Gasteiger partial charge in [0.15, 0.2) is 0 Å². The molecule has 0 spiro atoms. The lowest BCUT2D eigenvalue weighted by molar-refractivity contribution is 0.100. The molecule has 17 heavy (non-hydrogen) atoms. The number of amides is 1. The van der Waals surface area contributed by atoms with Crippen molar-refractivity contribution in [3.8, 4) is 0 Å². The Morgan fingerprint density at radius 3 is 2.41 bits per heavy atom. The Morgan fingerprint density at radius 2 is 1.94 bits per heavy atom. The lowest BCUT2D eigenvalue weighted by Crippen LogP contribution is -2.37. The molecule has 2 rings (SSSR count). The fourth-order valence-corrected chi connectivity index (χ4v) is 2.09. The number of rotatable bonds is 2. The van der Waals surface area contributed by atoms with Gasteiger partial charge in [0.1, 0.15) is 0 Å². The molecule has 0 heterocycles. The van der Waals surface area contributed by atoms with Crippen molar-refractivity contribution in [2.75, 3.05) is 0 Å². The number of carbonyl (C=O) groups excluding carboxylic acids is 1. The van der Waals surface area contributed by atoms with E-state index in [1.165, 1.54) is 5.57 Å². The number of primary amides is 1. The predicted octanol–water partition coefficient (Wildman–Crippen LogP) is 2.07. The van der Waals surface area contributed by atoms with Crippen molar-refractivity contribution >= 4 is 11.5 Å². The fraction of sp³-hybridized carbons (Fsp3) is 0.357. The van der Waals surface area contributed by atoms with Gasteiger partial charge in [0.2, 0.25) is 5.91 Å². The molecular formula is C14H18N2O. The Labute approximate surface area is 101 Å². The number of benzene rings is 1. The largest absolute Gasteiger partial charge is 0.366 e. The molecule has 0 fully saturated rings. The van der Waals surface area contributed by atoms with E-state index in [-0.39, 0.29) is 11.4 Å². The van der Waals surface area contributed by atoms with Gasteiger partial charge in [-0.2, -0.15) is 0 Å². The van der Waals surface area contributed by atoms with Gasteiger partial charge in [0.25, 0.3) is 0 Å². The quantitative estimate of drug-likeness (QED) is 0.816. The standard InChI is InChI=1S/C14H18N2O/c1-14(16)8-6-11(7-9-14)10-2-4-12(5-3-10)13(15)17/h2-6H,7-9,16H2,1H3,(H2,15,17). The maximum Gasteiger partial charge on any atom is 0.248 e. The molecule has 1 aromatic rings. The van der Waals surface area contributed by atoms with Gasteiger partial charge >= 0.3 is 0 Å². The SMILES string of the molecule is CC1(N)CC=C(c2ccc(C(N)=O)cc2)CC1. The van der Waals surface area contributed by atoms with Crippen LogP contribution in [0.25, 0.3) is 5.57 Å². The van der Waals surface area contributed by atoms with Crippen LogP contribution < -0.4 is 11.5 Å². The van der Waals surface area contributed by atoms with Crippen LogP contribution in [0.2, 0.25) is 0 Å². The molecule has 0 saturated carbocycles. The van der Waals surface area contributed by atoms with E-state index in [2.05, 4.69) is 13.0 Å². The number of allylic oxidation sites excluding steroid dienone is 1. The van der Waals surface area contributed by atoms with Gasteiger partial charge in [0.05, 0.1) is 0 Å². The first kappa shape index (κ1) is 11.9. The summed E-state index contributed by atoms with van der Waals surface area (Å²) in [6, 6.07) is 7.44. The number of hydrogen-bond donors (Lipinski definition) is 2. The summed E-state index contributed by atoms with van der Waals surface area (Å²) >= 11 is 0. The van der Waals surface area contributed by atoms with Crippen molar-refractivity contribution < 1.29 is 4.79 Å².